The molecular weight excluding hydrogens is 697 g/mol. The summed E-state index contributed by atoms with van der Waals surface area (Å²) in [4.78, 5) is 0. The number of hydrogen-bond donors (Lipinski definition) is 0. The summed E-state index contributed by atoms with van der Waals surface area (Å²) in [6, 6.07) is 77.4. The van der Waals surface area contributed by atoms with Crippen LogP contribution in [-0.4, -0.2) is 0 Å². The molecule has 13 aromatic rings. The van der Waals surface area contributed by atoms with Gasteiger partial charge in [0.25, 0.3) is 0 Å². The molecule has 0 N–H and O–H groups in total. The van der Waals surface area contributed by atoms with Gasteiger partial charge in [-0.3, -0.25) is 0 Å². The van der Waals surface area contributed by atoms with Crippen LogP contribution in [0.2, 0.25) is 0 Å². The van der Waals surface area contributed by atoms with Gasteiger partial charge in [0.05, 0.1) is 0 Å². The van der Waals surface area contributed by atoms with Crippen LogP contribution in [0.15, 0.2) is 206 Å². The average Bonchev–Trinajstić information content (AvgIpc) is 3.29. The van der Waals surface area contributed by atoms with Gasteiger partial charge < -0.3 is 0 Å². The van der Waals surface area contributed by atoms with Crippen LogP contribution in [-0.2, 0) is 0 Å². The Morgan fingerprint density at radius 3 is 1.29 bits per heavy atom. The van der Waals surface area contributed by atoms with Crippen molar-refractivity contribution in [2.75, 3.05) is 0 Å². The summed E-state index contributed by atoms with van der Waals surface area (Å²) in [6.45, 7) is 0. The smallest absolute Gasteiger partial charge is 0.00143 e. The fourth-order valence-electron chi connectivity index (χ4n) is 10.4. The summed E-state index contributed by atoms with van der Waals surface area (Å²) in [5, 5.41) is 20.7. The van der Waals surface area contributed by atoms with E-state index in [0.717, 1.165) is 0 Å². The van der Waals surface area contributed by atoms with Gasteiger partial charge in [-0.2, -0.15) is 0 Å². The lowest BCUT2D eigenvalue weighted by Crippen LogP contribution is -1.95. The predicted molar refractivity (Wildman–Crippen MR) is 251 cm³/mol. The van der Waals surface area contributed by atoms with Crippen molar-refractivity contribution in [2.24, 2.45) is 0 Å². The minimum Gasteiger partial charge on any atom is -0.0616 e. The Kier molecular flexibility index (Phi) is 6.54. The molecule has 0 saturated carbocycles. The molecule has 0 unspecified atom stereocenters. The zero-order chi connectivity index (χ0) is 37.9. The Labute approximate surface area is 335 Å². The SMILES string of the molecule is c1ccc2c(-c3c(-c4ccc(-c5ccc6ccc7cccc8ccc5c6c78)cc4)c(-c4ccc5ccc6cccc7ccc4c5c67)cc4ccccc34)cccc2c1. The van der Waals surface area contributed by atoms with Crippen LogP contribution in [0.4, 0.5) is 0 Å². The summed E-state index contributed by atoms with van der Waals surface area (Å²) in [5.74, 6) is 0. The Morgan fingerprint density at radius 1 is 0.190 bits per heavy atom. The molecule has 0 radical (unpaired) electrons. The molecule has 0 aliphatic carbocycles. The Morgan fingerprint density at radius 2 is 0.638 bits per heavy atom. The van der Waals surface area contributed by atoms with Crippen LogP contribution in [0.5, 0.6) is 0 Å². The molecule has 13 aromatic carbocycles. The molecule has 0 aliphatic rings. The summed E-state index contributed by atoms with van der Waals surface area (Å²) < 4.78 is 0. The third kappa shape index (κ3) is 4.46. The van der Waals surface area contributed by atoms with E-state index in [2.05, 4.69) is 206 Å². The van der Waals surface area contributed by atoms with Crippen LogP contribution in [0.3, 0.4) is 0 Å². The van der Waals surface area contributed by atoms with E-state index in [1.807, 2.05) is 0 Å². The fourth-order valence-corrected chi connectivity index (χ4v) is 10.4. The molecule has 0 aliphatic heterocycles. The van der Waals surface area contributed by atoms with E-state index in [-0.39, 0.29) is 0 Å². The van der Waals surface area contributed by atoms with Crippen molar-refractivity contribution in [3.05, 3.63) is 206 Å². The van der Waals surface area contributed by atoms with Crippen molar-refractivity contribution < 1.29 is 0 Å². The molecule has 13 rings (SSSR count). The highest BCUT2D eigenvalue weighted by atomic mass is 14.3. The highest BCUT2D eigenvalue weighted by molar-refractivity contribution is 6.28. The monoisotopic (exact) mass is 730 g/mol. The van der Waals surface area contributed by atoms with E-state index in [1.165, 1.54) is 131 Å². The van der Waals surface area contributed by atoms with E-state index in [4.69, 9.17) is 0 Å². The van der Waals surface area contributed by atoms with Crippen molar-refractivity contribution in [3.8, 4) is 44.5 Å². The van der Waals surface area contributed by atoms with Crippen LogP contribution in [0.25, 0.3) is 131 Å². The van der Waals surface area contributed by atoms with Crippen molar-refractivity contribution in [2.45, 2.75) is 0 Å². The maximum absolute atomic E-state index is 2.44. The van der Waals surface area contributed by atoms with Gasteiger partial charge in [-0.05, 0) is 137 Å². The minimum atomic E-state index is 1.20. The largest absolute Gasteiger partial charge is 0.0616 e. The lowest BCUT2D eigenvalue weighted by atomic mass is 9.81. The van der Waals surface area contributed by atoms with Crippen LogP contribution in [0.1, 0.15) is 0 Å². The summed E-state index contributed by atoms with van der Waals surface area (Å²) in [6.07, 6.45) is 0. The van der Waals surface area contributed by atoms with E-state index < -0.39 is 0 Å². The van der Waals surface area contributed by atoms with Crippen LogP contribution < -0.4 is 0 Å². The van der Waals surface area contributed by atoms with E-state index in [0.29, 0.717) is 0 Å². The lowest BCUT2D eigenvalue weighted by Gasteiger charge is -2.22. The van der Waals surface area contributed by atoms with Gasteiger partial charge in [0.2, 0.25) is 0 Å². The van der Waals surface area contributed by atoms with Crippen LogP contribution in [0, 0.1) is 0 Å². The molecule has 0 atom stereocenters. The van der Waals surface area contributed by atoms with Gasteiger partial charge in [0, 0.05) is 0 Å². The van der Waals surface area contributed by atoms with Gasteiger partial charge in [-0.15, -0.1) is 0 Å². The Bertz CT molecular complexity index is 3740. The van der Waals surface area contributed by atoms with E-state index >= 15 is 0 Å². The van der Waals surface area contributed by atoms with Crippen molar-refractivity contribution in [3.63, 3.8) is 0 Å². The molecule has 0 saturated heterocycles. The first-order chi connectivity index (χ1) is 28.8. The number of benzene rings is 13. The molecule has 58 heavy (non-hydrogen) atoms. The predicted octanol–water partition coefficient (Wildman–Crippen LogP) is 16.5. The molecule has 0 heteroatoms. The zero-order valence-electron chi connectivity index (χ0n) is 31.6. The molecule has 0 aromatic heterocycles. The van der Waals surface area contributed by atoms with Crippen molar-refractivity contribution in [1.29, 1.82) is 0 Å². The lowest BCUT2D eigenvalue weighted by molar-refractivity contribution is 1.60. The zero-order valence-corrected chi connectivity index (χ0v) is 31.6. The molecule has 0 amide bonds. The van der Waals surface area contributed by atoms with Crippen LogP contribution >= 0.6 is 0 Å². The van der Waals surface area contributed by atoms with Gasteiger partial charge in [0.1, 0.15) is 0 Å². The fraction of sp³-hybridized carbons (Fsp3) is 0. The summed E-state index contributed by atoms with van der Waals surface area (Å²) in [7, 11) is 0. The second-order valence-corrected chi connectivity index (χ2v) is 15.9. The summed E-state index contributed by atoms with van der Waals surface area (Å²) >= 11 is 0. The molecular formula is C58H34. The molecule has 0 heterocycles. The second-order valence-electron chi connectivity index (χ2n) is 15.9. The molecule has 266 valence electrons. The van der Waals surface area contributed by atoms with Gasteiger partial charge in [-0.25, -0.2) is 0 Å². The maximum atomic E-state index is 2.44. The third-order valence-electron chi connectivity index (χ3n) is 12.9. The Hall–Kier alpha value is -7.54. The van der Waals surface area contributed by atoms with Gasteiger partial charge in [-0.1, -0.05) is 200 Å². The normalized spacial score (nSPS) is 12.1. The first kappa shape index (κ1) is 31.6. The maximum Gasteiger partial charge on any atom is -0.00143 e. The van der Waals surface area contributed by atoms with E-state index in [9.17, 15) is 0 Å². The average molecular weight is 731 g/mol. The molecule has 0 bridgehead atoms. The molecule has 0 nitrogen and oxygen atoms in total. The minimum absolute atomic E-state index is 1.20. The third-order valence-corrected chi connectivity index (χ3v) is 12.9. The highest BCUT2D eigenvalue weighted by Gasteiger charge is 2.22. The first-order valence-electron chi connectivity index (χ1n) is 20.2. The van der Waals surface area contributed by atoms with Crippen molar-refractivity contribution in [1.82, 2.24) is 0 Å². The highest BCUT2D eigenvalue weighted by Crippen LogP contribution is 2.50. The van der Waals surface area contributed by atoms with Gasteiger partial charge >= 0.3 is 0 Å². The number of fused-ring (bicyclic) bond motifs is 2. The second kappa shape index (κ2) is 12.0. The first-order valence-corrected chi connectivity index (χ1v) is 20.2. The Balaban J connectivity index is 1.11. The quantitative estimate of drug-likeness (QED) is 0.158. The standard InChI is InChI=1S/C58H34/c1-3-15-45-35(8-1)10-7-17-49(45)58-47-16-4-2-9-44(47)34-52(48-31-27-43-25-23-38-12-6-14-40-29-33-51(48)56(43)54(38)40)57(58)41-20-18-36(19-21-41)46-30-26-42-24-22-37-11-5-13-39-28-32-50(46)55(42)53(37)39/h1-34H. The molecule has 0 spiro atoms. The van der Waals surface area contributed by atoms with Gasteiger partial charge in [0.15, 0.2) is 0 Å². The van der Waals surface area contributed by atoms with Crippen molar-refractivity contribution >= 4 is 86.2 Å². The van der Waals surface area contributed by atoms with E-state index in [1.54, 1.807) is 0 Å². The number of rotatable bonds is 4. The number of hydrogen-bond acceptors (Lipinski definition) is 0. The molecule has 0 fully saturated rings. The summed E-state index contributed by atoms with van der Waals surface area (Å²) in [5.41, 5.74) is 9.96. The topological polar surface area (TPSA) is 0 Å².